The first-order chi connectivity index (χ1) is 10.0. The van der Waals surface area contributed by atoms with Crippen molar-refractivity contribution in [1.29, 1.82) is 0 Å². The summed E-state index contributed by atoms with van der Waals surface area (Å²) in [5.41, 5.74) is 2.22. The lowest BCUT2D eigenvalue weighted by atomic mass is 10.0. The van der Waals surface area contributed by atoms with Crippen molar-refractivity contribution in [3.05, 3.63) is 52.1 Å². The highest BCUT2D eigenvalue weighted by molar-refractivity contribution is 9.10. The van der Waals surface area contributed by atoms with E-state index in [1.807, 2.05) is 31.3 Å². The van der Waals surface area contributed by atoms with Crippen LogP contribution in [0.3, 0.4) is 0 Å². The van der Waals surface area contributed by atoms with Crippen LogP contribution in [0.4, 0.5) is 0 Å². The summed E-state index contributed by atoms with van der Waals surface area (Å²) in [6.07, 6.45) is 1.76. The van der Waals surface area contributed by atoms with E-state index < -0.39 is 0 Å². The van der Waals surface area contributed by atoms with Crippen molar-refractivity contribution < 1.29 is 4.74 Å². The lowest BCUT2D eigenvalue weighted by molar-refractivity contribution is 0.439. The molecular formula is C17H21BrN2O. The van der Waals surface area contributed by atoms with Gasteiger partial charge in [-0.2, -0.15) is 0 Å². The number of nitrogens with one attached hydrogen (secondary N) is 1. The summed E-state index contributed by atoms with van der Waals surface area (Å²) in [6.45, 7) is 6.41. The van der Waals surface area contributed by atoms with E-state index >= 15 is 0 Å². The zero-order valence-electron chi connectivity index (χ0n) is 12.9. The lowest BCUT2D eigenvalue weighted by Crippen LogP contribution is -2.13. The largest absolute Gasteiger partial charge is 0.438 e. The van der Waals surface area contributed by atoms with Gasteiger partial charge in [0.05, 0.1) is 0 Å². The van der Waals surface area contributed by atoms with E-state index in [4.69, 9.17) is 4.74 Å². The third-order valence-electron chi connectivity index (χ3n) is 3.50. The van der Waals surface area contributed by atoms with Gasteiger partial charge in [-0.25, -0.2) is 4.98 Å². The second-order valence-corrected chi connectivity index (χ2v) is 6.26. The Balaban J connectivity index is 2.39. The monoisotopic (exact) mass is 348 g/mol. The Morgan fingerprint density at radius 3 is 2.57 bits per heavy atom. The van der Waals surface area contributed by atoms with Crippen LogP contribution in [-0.4, -0.2) is 12.0 Å². The minimum Gasteiger partial charge on any atom is -0.438 e. The molecule has 0 radical (unpaired) electrons. The Hall–Kier alpha value is -1.39. The molecule has 0 saturated heterocycles. The van der Waals surface area contributed by atoms with Crippen molar-refractivity contribution in [3.63, 3.8) is 0 Å². The molecule has 1 N–H and O–H groups in total. The van der Waals surface area contributed by atoms with Crippen LogP contribution < -0.4 is 10.1 Å². The number of benzene rings is 1. The second kappa shape index (κ2) is 7.05. The van der Waals surface area contributed by atoms with E-state index in [0.29, 0.717) is 11.8 Å². The van der Waals surface area contributed by atoms with Crippen LogP contribution in [-0.2, 0) is 0 Å². The topological polar surface area (TPSA) is 34.2 Å². The maximum absolute atomic E-state index is 6.11. The zero-order chi connectivity index (χ0) is 15.4. The molecule has 4 heteroatoms. The molecule has 1 heterocycles. The van der Waals surface area contributed by atoms with Crippen LogP contribution in [0.25, 0.3) is 0 Å². The first-order valence-electron chi connectivity index (χ1n) is 7.12. The Morgan fingerprint density at radius 1 is 1.14 bits per heavy atom. The number of aromatic nitrogens is 1. The van der Waals surface area contributed by atoms with Crippen molar-refractivity contribution in [2.45, 2.75) is 32.7 Å². The van der Waals surface area contributed by atoms with Crippen LogP contribution in [0.1, 0.15) is 43.9 Å². The molecule has 0 amide bonds. The average Bonchev–Trinajstić information content (AvgIpc) is 2.48. The molecule has 1 aromatic heterocycles. The zero-order valence-corrected chi connectivity index (χ0v) is 14.4. The Bertz CT molecular complexity index is 613. The van der Waals surface area contributed by atoms with Gasteiger partial charge >= 0.3 is 0 Å². The summed E-state index contributed by atoms with van der Waals surface area (Å²) >= 11 is 3.52. The first kappa shape index (κ1) is 16.0. The van der Waals surface area contributed by atoms with E-state index in [-0.39, 0.29) is 6.04 Å². The second-order valence-electron chi connectivity index (χ2n) is 5.35. The van der Waals surface area contributed by atoms with Gasteiger partial charge in [-0.05, 0) is 49.7 Å². The van der Waals surface area contributed by atoms with Gasteiger partial charge < -0.3 is 10.1 Å². The molecule has 21 heavy (non-hydrogen) atoms. The van der Waals surface area contributed by atoms with Gasteiger partial charge in [-0.1, -0.05) is 35.8 Å². The van der Waals surface area contributed by atoms with Crippen molar-refractivity contribution in [3.8, 4) is 11.6 Å². The van der Waals surface area contributed by atoms with Crippen LogP contribution in [0.5, 0.6) is 11.6 Å². The number of hydrogen-bond acceptors (Lipinski definition) is 3. The van der Waals surface area contributed by atoms with Crippen LogP contribution in [0.2, 0.25) is 0 Å². The van der Waals surface area contributed by atoms with Crippen molar-refractivity contribution >= 4 is 15.9 Å². The van der Waals surface area contributed by atoms with Crippen LogP contribution in [0, 0.1) is 0 Å². The third-order valence-corrected chi connectivity index (χ3v) is 3.99. The number of ether oxygens (including phenoxy) is 1. The van der Waals surface area contributed by atoms with Crippen molar-refractivity contribution in [1.82, 2.24) is 10.3 Å². The lowest BCUT2D eigenvalue weighted by Gasteiger charge is -2.18. The fourth-order valence-electron chi connectivity index (χ4n) is 2.14. The molecule has 0 aliphatic carbocycles. The minimum absolute atomic E-state index is 0.187. The Labute approximate surface area is 134 Å². The highest BCUT2D eigenvalue weighted by atomic mass is 79.9. The number of nitrogens with zero attached hydrogens (tertiary/aromatic N) is 1. The molecule has 0 saturated carbocycles. The Kier molecular flexibility index (Phi) is 5.37. The van der Waals surface area contributed by atoms with Gasteiger partial charge in [-0.15, -0.1) is 0 Å². The molecule has 2 aromatic rings. The van der Waals surface area contributed by atoms with Crippen LogP contribution >= 0.6 is 15.9 Å². The number of halogens is 1. The third kappa shape index (κ3) is 3.83. The molecular weight excluding hydrogens is 328 g/mol. The van der Waals surface area contributed by atoms with Gasteiger partial charge in [0.15, 0.2) is 0 Å². The molecule has 0 spiro atoms. The maximum Gasteiger partial charge on any atom is 0.223 e. The van der Waals surface area contributed by atoms with Gasteiger partial charge in [0, 0.05) is 22.3 Å². The SMILES string of the molecule is CNC(C)c1cccnc1Oc1ccc(Br)cc1C(C)C. The summed E-state index contributed by atoms with van der Waals surface area (Å²) in [5, 5.41) is 3.23. The van der Waals surface area contributed by atoms with Crippen LogP contribution in [0.15, 0.2) is 41.0 Å². The predicted octanol–water partition coefficient (Wildman–Crippen LogP) is 5.04. The smallest absolute Gasteiger partial charge is 0.223 e. The van der Waals surface area contributed by atoms with Gasteiger partial charge in [0.1, 0.15) is 5.75 Å². The first-order valence-corrected chi connectivity index (χ1v) is 7.91. The Morgan fingerprint density at radius 2 is 1.90 bits per heavy atom. The summed E-state index contributed by atoms with van der Waals surface area (Å²) in [6, 6.07) is 10.2. The van der Waals surface area contributed by atoms with Gasteiger partial charge in [0.2, 0.25) is 5.88 Å². The molecule has 1 aromatic carbocycles. The van der Waals surface area contributed by atoms with E-state index in [1.54, 1.807) is 6.20 Å². The van der Waals surface area contributed by atoms with Gasteiger partial charge in [0.25, 0.3) is 0 Å². The highest BCUT2D eigenvalue weighted by Crippen LogP contribution is 2.34. The van der Waals surface area contributed by atoms with E-state index in [9.17, 15) is 0 Å². The molecule has 112 valence electrons. The fourth-order valence-corrected chi connectivity index (χ4v) is 2.52. The number of pyridine rings is 1. The quantitative estimate of drug-likeness (QED) is 0.821. The van der Waals surface area contributed by atoms with E-state index in [2.05, 4.69) is 53.1 Å². The summed E-state index contributed by atoms with van der Waals surface area (Å²) in [4.78, 5) is 4.39. The molecule has 0 bridgehead atoms. The average molecular weight is 349 g/mol. The number of hydrogen-bond donors (Lipinski definition) is 1. The molecule has 1 unspecified atom stereocenters. The standard InChI is InChI=1S/C17H21BrN2O/c1-11(2)15-10-13(18)7-8-16(15)21-17-14(12(3)19-4)6-5-9-20-17/h5-12,19H,1-4H3. The van der Waals surface area contributed by atoms with Crippen molar-refractivity contribution in [2.75, 3.05) is 7.05 Å². The minimum atomic E-state index is 0.187. The summed E-state index contributed by atoms with van der Waals surface area (Å²) in [5.74, 6) is 1.89. The molecule has 3 nitrogen and oxygen atoms in total. The van der Waals surface area contributed by atoms with Crippen molar-refractivity contribution in [2.24, 2.45) is 0 Å². The summed E-state index contributed by atoms with van der Waals surface area (Å²) in [7, 11) is 1.93. The highest BCUT2D eigenvalue weighted by Gasteiger charge is 2.15. The maximum atomic E-state index is 6.11. The van der Waals surface area contributed by atoms with E-state index in [0.717, 1.165) is 21.3 Å². The fraction of sp³-hybridized carbons (Fsp3) is 0.353. The number of rotatable bonds is 5. The predicted molar refractivity (Wildman–Crippen MR) is 90.0 cm³/mol. The molecule has 0 aliphatic heterocycles. The molecule has 0 aliphatic rings. The molecule has 0 fully saturated rings. The summed E-state index contributed by atoms with van der Waals surface area (Å²) < 4.78 is 7.17. The molecule has 2 rings (SSSR count). The van der Waals surface area contributed by atoms with Gasteiger partial charge in [-0.3, -0.25) is 0 Å². The van der Waals surface area contributed by atoms with E-state index in [1.165, 1.54) is 0 Å². The molecule has 1 atom stereocenters. The normalized spacial score (nSPS) is 12.5.